The molecule has 0 unspecified atom stereocenters. The maximum Gasteiger partial charge on any atom is 0.417 e. The van der Waals surface area contributed by atoms with Crippen LogP contribution < -0.4 is 4.90 Å². The van der Waals surface area contributed by atoms with Gasteiger partial charge in [0.05, 0.1) is 23.8 Å². The first-order valence-corrected chi connectivity index (χ1v) is 11.4. The molecule has 2 saturated heterocycles. The van der Waals surface area contributed by atoms with Gasteiger partial charge in [-0.25, -0.2) is 0 Å². The first-order valence-electron chi connectivity index (χ1n) is 11.4. The molecule has 2 fully saturated rings. The number of alkyl halides is 3. The molecule has 2 aliphatic rings. The lowest BCUT2D eigenvalue weighted by molar-refractivity contribution is -0.137. The summed E-state index contributed by atoms with van der Waals surface area (Å²) in [5.74, 6) is 0.315. The standard InChI is InChI=1S/C26H28F3N3O2/c1-17(2)18-3-5-19(6-4-18)24(34)31-10-9-21-13-32(15-25(21,14-31)16-33)22-8-7-20(12-30)23(11-22)26(27,28)29/h3-8,11,17,21,33H,9-10,13-16H2,1-2H3/t21-,25+/m0/s1. The van der Waals surface area contributed by atoms with E-state index in [-0.39, 0.29) is 18.4 Å². The van der Waals surface area contributed by atoms with E-state index in [1.54, 1.807) is 11.0 Å². The lowest BCUT2D eigenvalue weighted by Crippen LogP contribution is -2.52. The van der Waals surface area contributed by atoms with Crippen molar-refractivity contribution in [2.45, 2.75) is 32.4 Å². The summed E-state index contributed by atoms with van der Waals surface area (Å²) in [5, 5.41) is 19.4. The van der Waals surface area contributed by atoms with Crippen LogP contribution in [0.4, 0.5) is 18.9 Å². The molecule has 2 heterocycles. The Morgan fingerprint density at radius 1 is 1.21 bits per heavy atom. The molecular formula is C26H28F3N3O2. The number of nitriles is 1. The Morgan fingerprint density at radius 2 is 1.91 bits per heavy atom. The second-order valence-electron chi connectivity index (χ2n) is 9.73. The van der Waals surface area contributed by atoms with Crippen LogP contribution in [-0.4, -0.2) is 48.7 Å². The summed E-state index contributed by atoms with van der Waals surface area (Å²) >= 11 is 0. The normalized spacial score (nSPS) is 22.6. The number of likely N-dealkylation sites (tertiary alicyclic amines) is 1. The number of carbonyl (C=O) groups is 1. The van der Waals surface area contributed by atoms with Crippen LogP contribution in [0, 0.1) is 22.7 Å². The van der Waals surface area contributed by atoms with Gasteiger partial charge in [0.25, 0.3) is 5.91 Å². The van der Waals surface area contributed by atoms with Crippen molar-refractivity contribution in [2.24, 2.45) is 11.3 Å². The van der Waals surface area contributed by atoms with E-state index >= 15 is 0 Å². The Bertz CT molecular complexity index is 1110. The van der Waals surface area contributed by atoms with Crippen LogP contribution in [0.5, 0.6) is 0 Å². The highest BCUT2D eigenvalue weighted by Crippen LogP contribution is 2.44. The van der Waals surface area contributed by atoms with E-state index in [2.05, 4.69) is 13.8 Å². The summed E-state index contributed by atoms with van der Waals surface area (Å²) in [7, 11) is 0. The van der Waals surface area contributed by atoms with Crippen molar-refractivity contribution in [3.8, 4) is 6.07 Å². The molecule has 0 saturated carbocycles. The number of amides is 1. The zero-order valence-electron chi connectivity index (χ0n) is 19.3. The van der Waals surface area contributed by atoms with Gasteiger partial charge in [-0.2, -0.15) is 18.4 Å². The van der Waals surface area contributed by atoms with Crippen LogP contribution >= 0.6 is 0 Å². The van der Waals surface area contributed by atoms with E-state index in [9.17, 15) is 23.1 Å². The van der Waals surface area contributed by atoms with E-state index in [4.69, 9.17) is 5.26 Å². The van der Waals surface area contributed by atoms with Gasteiger partial charge in [0, 0.05) is 42.8 Å². The number of hydrogen-bond acceptors (Lipinski definition) is 4. The van der Waals surface area contributed by atoms with Crippen molar-refractivity contribution < 1.29 is 23.1 Å². The highest BCUT2D eigenvalue weighted by molar-refractivity contribution is 5.94. The molecule has 5 nitrogen and oxygen atoms in total. The number of nitrogens with zero attached hydrogens (tertiary/aromatic N) is 3. The molecule has 0 aromatic heterocycles. The fourth-order valence-corrected chi connectivity index (χ4v) is 5.23. The molecule has 34 heavy (non-hydrogen) atoms. The van der Waals surface area contributed by atoms with Crippen molar-refractivity contribution >= 4 is 11.6 Å². The van der Waals surface area contributed by atoms with E-state index < -0.39 is 22.7 Å². The molecule has 180 valence electrons. The average Bonchev–Trinajstić information content (AvgIpc) is 3.22. The van der Waals surface area contributed by atoms with Gasteiger partial charge in [0.2, 0.25) is 0 Å². The second kappa shape index (κ2) is 8.95. The van der Waals surface area contributed by atoms with Crippen LogP contribution in [-0.2, 0) is 6.18 Å². The molecule has 8 heteroatoms. The van der Waals surface area contributed by atoms with Crippen molar-refractivity contribution in [1.29, 1.82) is 5.26 Å². The van der Waals surface area contributed by atoms with Crippen LogP contribution in [0.25, 0.3) is 0 Å². The highest BCUT2D eigenvalue weighted by Gasteiger charge is 2.50. The fraction of sp³-hybridized carbons (Fsp3) is 0.462. The lowest BCUT2D eigenvalue weighted by atomic mass is 9.74. The number of halogens is 3. The second-order valence-corrected chi connectivity index (χ2v) is 9.73. The average molecular weight is 472 g/mol. The minimum Gasteiger partial charge on any atom is -0.396 e. The predicted octanol–water partition coefficient (Wildman–Crippen LogP) is 4.66. The first kappa shape index (κ1) is 24.1. The smallest absolute Gasteiger partial charge is 0.396 e. The highest BCUT2D eigenvalue weighted by atomic mass is 19.4. The van der Waals surface area contributed by atoms with Crippen LogP contribution in [0.2, 0.25) is 0 Å². The Hall–Kier alpha value is -3.05. The maximum atomic E-state index is 13.5. The number of carbonyl (C=O) groups excluding carboxylic acids is 1. The van der Waals surface area contributed by atoms with Crippen molar-refractivity contribution in [3.63, 3.8) is 0 Å². The van der Waals surface area contributed by atoms with Gasteiger partial charge in [-0.05, 0) is 54.2 Å². The van der Waals surface area contributed by atoms with Gasteiger partial charge in [0.1, 0.15) is 0 Å². The minimum atomic E-state index is -4.63. The zero-order chi connectivity index (χ0) is 24.7. The molecule has 0 aliphatic carbocycles. The topological polar surface area (TPSA) is 67.6 Å². The number of rotatable bonds is 4. The van der Waals surface area contributed by atoms with Gasteiger partial charge < -0.3 is 14.9 Å². The van der Waals surface area contributed by atoms with Crippen molar-refractivity contribution in [2.75, 3.05) is 37.7 Å². The molecule has 0 spiro atoms. The molecule has 1 N–H and O–H groups in total. The number of hydrogen-bond donors (Lipinski definition) is 1. The molecule has 2 atom stereocenters. The third-order valence-corrected chi connectivity index (χ3v) is 7.29. The minimum absolute atomic E-state index is 0.0508. The SMILES string of the molecule is CC(C)c1ccc(C(=O)N2CC[C@H]3CN(c4ccc(C#N)c(C(F)(F)F)c4)C[C@@]3(CO)C2)cc1. The predicted molar refractivity (Wildman–Crippen MR) is 122 cm³/mol. The number of piperidine rings is 1. The third-order valence-electron chi connectivity index (χ3n) is 7.29. The summed E-state index contributed by atoms with van der Waals surface area (Å²) in [5.41, 5.74) is 0.127. The zero-order valence-corrected chi connectivity index (χ0v) is 19.3. The van der Waals surface area contributed by atoms with E-state index in [1.165, 1.54) is 12.1 Å². The van der Waals surface area contributed by atoms with E-state index in [0.29, 0.717) is 49.8 Å². The van der Waals surface area contributed by atoms with Gasteiger partial charge in [-0.15, -0.1) is 0 Å². The molecule has 2 aromatic rings. The van der Waals surface area contributed by atoms with Gasteiger partial charge in [-0.1, -0.05) is 26.0 Å². The summed E-state index contributed by atoms with van der Waals surface area (Å²) in [6.45, 7) is 5.73. The molecule has 0 radical (unpaired) electrons. The number of aliphatic hydroxyl groups is 1. The van der Waals surface area contributed by atoms with Gasteiger partial charge in [-0.3, -0.25) is 4.79 Å². The number of anilines is 1. The number of benzene rings is 2. The lowest BCUT2D eigenvalue weighted by Gasteiger charge is -2.43. The largest absolute Gasteiger partial charge is 0.417 e. The molecule has 2 aromatic carbocycles. The quantitative estimate of drug-likeness (QED) is 0.704. The monoisotopic (exact) mass is 471 g/mol. The van der Waals surface area contributed by atoms with Crippen molar-refractivity contribution in [3.05, 3.63) is 64.7 Å². The first-order chi connectivity index (χ1) is 16.1. The molecule has 2 aliphatic heterocycles. The maximum absolute atomic E-state index is 13.5. The van der Waals surface area contributed by atoms with Crippen LogP contribution in [0.1, 0.15) is 53.2 Å². The van der Waals surface area contributed by atoms with Crippen LogP contribution in [0.3, 0.4) is 0 Å². The third kappa shape index (κ3) is 4.37. The Kier molecular flexibility index (Phi) is 6.34. The fourth-order valence-electron chi connectivity index (χ4n) is 5.23. The molecular weight excluding hydrogens is 443 g/mol. The molecule has 0 bridgehead atoms. The Morgan fingerprint density at radius 3 is 2.50 bits per heavy atom. The summed E-state index contributed by atoms with van der Waals surface area (Å²) in [4.78, 5) is 16.8. The van der Waals surface area contributed by atoms with Crippen molar-refractivity contribution in [1.82, 2.24) is 4.90 Å². The van der Waals surface area contributed by atoms with E-state index in [1.807, 2.05) is 29.2 Å². The van der Waals surface area contributed by atoms with Gasteiger partial charge in [0.15, 0.2) is 0 Å². The van der Waals surface area contributed by atoms with Gasteiger partial charge >= 0.3 is 6.18 Å². The Labute approximate surface area is 197 Å². The molecule has 4 rings (SSSR count). The summed E-state index contributed by atoms with van der Waals surface area (Å²) in [6.07, 6.45) is -3.97. The Balaban J connectivity index is 1.55. The summed E-state index contributed by atoms with van der Waals surface area (Å²) < 4.78 is 40.4. The number of fused-ring (bicyclic) bond motifs is 1. The molecule has 1 amide bonds. The van der Waals surface area contributed by atoms with Crippen LogP contribution in [0.15, 0.2) is 42.5 Å². The summed E-state index contributed by atoms with van der Waals surface area (Å²) in [6, 6.07) is 12.9. The van der Waals surface area contributed by atoms with E-state index in [0.717, 1.165) is 11.6 Å². The number of aliphatic hydroxyl groups excluding tert-OH is 1.